The second kappa shape index (κ2) is 8.57. The number of rotatable bonds is 1. The van der Waals surface area contributed by atoms with Crippen molar-refractivity contribution in [2.75, 3.05) is 18.4 Å². The highest BCUT2D eigenvalue weighted by atomic mass is 16.3. The van der Waals surface area contributed by atoms with Crippen molar-refractivity contribution in [3.05, 3.63) is 65.2 Å². The van der Waals surface area contributed by atoms with Crippen LogP contribution in [0.2, 0.25) is 0 Å². The van der Waals surface area contributed by atoms with Gasteiger partial charge in [0.1, 0.15) is 0 Å². The first-order valence-electron chi connectivity index (χ1n) is 9.75. The normalized spacial score (nSPS) is 23.4. The van der Waals surface area contributed by atoms with Crippen LogP contribution in [0.4, 0.5) is 10.5 Å². The van der Waals surface area contributed by atoms with E-state index in [1.165, 1.54) is 11.1 Å². The molecule has 4 nitrogen and oxygen atoms in total. The molecule has 4 heteroatoms. The van der Waals surface area contributed by atoms with Gasteiger partial charge in [0.05, 0.1) is 6.10 Å². The lowest BCUT2D eigenvalue weighted by atomic mass is 10.0. The van der Waals surface area contributed by atoms with E-state index >= 15 is 0 Å². The molecule has 4 rings (SSSR count). The highest BCUT2D eigenvalue weighted by Crippen LogP contribution is 2.38. The van der Waals surface area contributed by atoms with Crippen molar-refractivity contribution in [2.24, 2.45) is 11.8 Å². The first-order valence-corrected chi connectivity index (χ1v) is 9.75. The minimum Gasteiger partial charge on any atom is -0.393 e. The lowest BCUT2D eigenvalue weighted by Crippen LogP contribution is -2.34. The Bertz CT molecular complexity index is 761. The molecule has 1 unspecified atom stereocenters. The number of carbonyl (C=O) groups excluding carboxylic acids is 1. The third-order valence-electron chi connectivity index (χ3n) is 5.58. The van der Waals surface area contributed by atoms with Crippen LogP contribution < -0.4 is 5.32 Å². The van der Waals surface area contributed by atoms with E-state index in [0.717, 1.165) is 37.2 Å². The maximum atomic E-state index is 12.3. The van der Waals surface area contributed by atoms with Crippen LogP contribution in [0.1, 0.15) is 29.5 Å². The van der Waals surface area contributed by atoms with Crippen LogP contribution in [0.15, 0.2) is 48.5 Å². The highest BCUT2D eigenvalue weighted by Gasteiger charge is 2.41. The van der Waals surface area contributed by atoms with Crippen molar-refractivity contribution in [1.82, 2.24) is 4.90 Å². The molecule has 2 aromatic rings. The Hall–Kier alpha value is -2.33. The number of urea groups is 1. The summed E-state index contributed by atoms with van der Waals surface area (Å²) in [4.78, 5) is 14.2. The third-order valence-corrected chi connectivity index (χ3v) is 5.58. The maximum absolute atomic E-state index is 12.3. The molecule has 1 saturated heterocycles. The van der Waals surface area contributed by atoms with Gasteiger partial charge in [-0.2, -0.15) is 0 Å². The minimum atomic E-state index is -0.158. The van der Waals surface area contributed by atoms with Gasteiger partial charge >= 0.3 is 6.03 Å². The summed E-state index contributed by atoms with van der Waals surface area (Å²) in [5.41, 5.74) is 4.50. The number of fused-ring (bicyclic) bond motifs is 1. The number of hydrogen-bond donors (Lipinski definition) is 2. The van der Waals surface area contributed by atoms with E-state index in [2.05, 4.69) is 30.4 Å². The number of nitrogens with zero attached hydrogens (tertiary/aromatic N) is 1. The van der Waals surface area contributed by atoms with Gasteiger partial charge in [-0.3, -0.25) is 0 Å². The molecule has 27 heavy (non-hydrogen) atoms. The van der Waals surface area contributed by atoms with Gasteiger partial charge in [0, 0.05) is 18.8 Å². The van der Waals surface area contributed by atoms with E-state index in [1.807, 2.05) is 49.1 Å². The van der Waals surface area contributed by atoms with E-state index < -0.39 is 0 Å². The van der Waals surface area contributed by atoms with Crippen LogP contribution in [0.5, 0.6) is 0 Å². The second-order valence-corrected chi connectivity index (χ2v) is 7.95. The lowest BCUT2D eigenvalue weighted by molar-refractivity contribution is 0.163. The predicted molar refractivity (Wildman–Crippen MR) is 110 cm³/mol. The van der Waals surface area contributed by atoms with Gasteiger partial charge in [0.25, 0.3) is 0 Å². The fourth-order valence-electron chi connectivity index (χ4n) is 4.12. The number of anilines is 1. The summed E-state index contributed by atoms with van der Waals surface area (Å²) in [5.74, 6) is 0.963. The molecule has 0 bridgehead atoms. The van der Waals surface area contributed by atoms with Gasteiger partial charge in [-0.25, -0.2) is 4.79 Å². The smallest absolute Gasteiger partial charge is 0.321 e. The Labute approximate surface area is 162 Å². The van der Waals surface area contributed by atoms with Crippen LogP contribution in [0.25, 0.3) is 0 Å². The van der Waals surface area contributed by atoms with E-state index in [0.29, 0.717) is 11.8 Å². The monoisotopic (exact) mass is 366 g/mol. The molecule has 1 heterocycles. The van der Waals surface area contributed by atoms with Gasteiger partial charge in [-0.15, -0.1) is 0 Å². The summed E-state index contributed by atoms with van der Waals surface area (Å²) < 4.78 is 0. The summed E-state index contributed by atoms with van der Waals surface area (Å²) in [6.45, 7) is 7.69. The second-order valence-electron chi connectivity index (χ2n) is 7.95. The fourth-order valence-corrected chi connectivity index (χ4v) is 4.12. The molecule has 0 spiro atoms. The molecular weight excluding hydrogens is 336 g/mol. The number of nitrogens with one attached hydrogen (secondary N) is 1. The fraction of sp³-hybridized carbons (Fsp3) is 0.435. The number of aryl methyl sites for hydroxylation is 3. The van der Waals surface area contributed by atoms with Crippen molar-refractivity contribution in [1.29, 1.82) is 0 Å². The highest BCUT2D eigenvalue weighted by molar-refractivity contribution is 5.90. The molecule has 2 aliphatic rings. The average Bonchev–Trinajstić information content (AvgIpc) is 3.16. The van der Waals surface area contributed by atoms with Crippen LogP contribution in [0.3, 0.4) is 0 Å². The number of aliphatic hydroxyl groups excluding tert-OH is 1. The molecule has 1 aliphatic heterocycles. The molecule has 2 aromatic carbocycles. The quantitative estimate of drug-likeness (QED) is 0.779. The van der Waals surface area contributed by atoms with E-state index in [-0.39, 0.29) is 12.1 Å². The zero-order chi connectivity index (χ0) is 19.4. The average molecular weight is 367 g/mol. The maximum Gasteiger partial charge on any atom is 0.321 e. The lowest BCUT2D eigenvalue weighted by Gasteiger charge is -2.19. The molecule has 2 N–H and O–H groups in total. The van der Waals surface area contributed by atoms with Gasteiger partial charge in [-0.1, -0.05) is 53.6 Å². The summed E-state index contributed by atoms with van der Waals surface area (Å²) in [5, 5.41) is 12.6. The molecule has 3 atom stereocenters. The summed E-state index contributed by atoms with van der Waals surface area (Å²) in [6, 6.07) is 16.3. The molecule has 2 fully saturated rings. The summed E-state index contributed by atoms with van der Waals surface area (Å²) >= 11 is 0. The van der Waals surface area contributed by atoms with Crippen LogP contribution in [-0.2, 0) is 0 Å². The van der Waals surface area contributed by atoms with Crippen LogP contribution in [-0.4, -0.2) is 35.2 Å². The Morgan fingerprint density at radius 2 is 1.59 bits per heavy atom. The van der Waals surface area contributed by atoms with Gasteiger partial charge in [-0.05, 0) is 57.1 Å². The Morgan fingerprint density at radius 1 is 0.963 bits per heavy atom. The van der Waals surface area contributed by atoms with Crippen molar-refractivity contribution >= 4 is 11.7 Å². The topological polar surface area (TPSA) is 52.6 Å². The Balaban J connectivity index is 0.000000253. The molecule has 0 radical (unpaired) electrons. The van der Waals surface area contributed by atoms with E-state index in [9.17, 15) is 9.90 Å². The third kappa shape index (κ3) is 5.10. The number of hydrogen-bond acceptors (Lipinski definition) is 2. The molecular formula is C23H30N2O2. The van der Waals surface area contributed by atoms with Gasteiger partial charge in [0.15, 0.2) is 0 Å². The molecule has 0 aromatic heterocycles. The summed E-state index contributed by atoms with van der Waals surface area (Å²) in [6.07, 6.45) is 1.53. The minimum absolute atomic E-state index is 0.0131. The Morgan fingerprint density at radius 3 is 2.11 bits per heavy atom. The number of benzene rings is 2. The van der Waals surface area contributed by atoms with E-state index in [1.54, 1.807) is 0 Å². The van der Waals surface area contributed by atoms with Crippen molar-refractivity contribution < 1.29 is 9.90 Å². The van der Waals surface area contributed by atoms with Crippen molar-refractivity contribution in [3.63, 3.8) is 0 Å². The molecule has 144 valence electrons. The zero-order valence-electron chi connectivity index (χ0n) is 16.5. The zero-order valence-corrected chi connectivity index (χ0v) is 16.5. The first kappa shape index (κ1) is 19.4. The first-order chi connectivity index (χ1) is 12.9. The SMILES string of the molecule is Cc1ccc(NC(=O)N2C[C@H]3CC(O)C[C@H]3C2)c(C)c1.Cc1ccccc1. The van der Waals surface area contributed by atoms with E-state index in [4.69, 9.17) is 0 Å². The number of amides is 2. The summed E-state index contributed by atoms with van der Waals surface area (Å²) in [7, 11) is 0. The van der Waals surface area contributed by atoms with Crippen LogP contribution >= 0.6 is 0 Å². The number of aliphatic hydroxyl groups is 1. The predicted octanol–water partition coefficient (Wildman–Crippen LogP) is 4.53. The van der Waals surface area contributed by atoms with Gasteiger partial charge in [0.2, 0.25) is 0 Å². The Kier molecular flexibility index (Phi) is 6.17. The molecule has 1 aliphatic carbocycles. The number of carbonyl (C=O) groups is 1. The molecule has 2 amide bonds. The number of likely N-dealkylation sites (tertiary alicyclic amines) is 1. The van der Waals surface area contributed by atoms with Crippen molar-refractivity contribution in [2.45, 2.75) is 39.7 Å². The standard InChI is InChI=1S/C16H22N2O2.C7H8/c1-10-3-4-15(11(2)5-10)17-16(20)18-8-12-6-14(19)7-13(12)9-18;1-7-5-3-2-4-6-7/h3-5,12-14,19H,6-9H2,1-2H3,(H,17,20);2-6H,1H3/t12-,13+,14?;. The van der Waals surface area contributed by atoms with Crippen molar-refractivity contribution in [3.8, 4) is 0 Å². The van der Waals surface area contributed by atoms with Gasteiger partial charge < -0.3 is 15.3 Å². The molecule has 1 saturated carbocycles. The largest absolute Gasteiger partial charge is 0.393 e. The van der Waals surface area contributed by atoms with Crippen LogP contribution in [0, 0.1) is 32.6 Å².